The number of rotatable bonds is 1. The SMILES string of the molecule is COc1cc(=O)occ1C. The summed E-state index contributed by atoms with van der Waals surface area (Å²) in [5.74, 6) is 0.566. The van der Waals surface area contributed by atoms with Crippen LogP contribution in [0, 0.1) is 6.92 Å². The summed E-state index contributed by atoms with van der Waals surface area (Å²) in [6, 6.07) is 1.31. The first-order valence-corrected chi connectivity index (χ1v) is 2.87. The molecule has 3 nitrogen and oxygen atoms in total. The van der Waals surface area contributed by atoms with Gasteiger partial charge >= 0.3 is 5.63 Å². The minimum Gasteiger partial charge on any atom is -0.496 e. The van der Waals surface area contributed by atoms with E-state index in [9.17, 15) is 4.79 Å². The second-order valence-electron chi connectivity index (χ2n) is 1.95. The van der Waals surface area contributed by atoms with Gasteiger partial charge in [0.15, 0.2) is 0 Å². The summed E-state index contributed by atoms with van der Waals surface area (Å²) in [5, 5.41) is 0. The van der Waals surface area contributed by atoms with Crippen LogP contribution in [0.4, 0.5) is 0 Å². The molecular formula is C7H8O3. The fraction of sp³-hybridized carbons (Fsp3) is 0.286. The molecule has 10 heavy (non-hydrogen) atoms. The maximum Gasteiger partial charge on any atom is 0.339 e. The van der Waals surface area contributed by atoms with Crippen LogP contribution in [0.15, 0.2) is 21.5 Å². The fourth-order valence-electron chi connectivity index (χ4n) is 0.679. The van der Waals surface area contributed by atoms with Gasteiger partial charge in [0.05, 0.1) is 13.2 Å². The Morgan fingerprint density at radius 3 is 2.80 bits per heavy atom. The number of hydrogen-bond acceptors (Lipinski definition) is 3. The lowest BCUT2D eigenvalue weighted by Crippen LogP contribution is -1.98. The van der Waals surface area contributed by atoms with Crippen molar-refractivity contribution in [3.8, 4) is 5.75 Å². The third-order valence-corrected chi connectivity index (χ3v) is 1.21. The van der Waals surface area contributed by atoms with Crippen molar-refractivity contribution in [2.75, 3.05) is 7.11 Å². The molecule has 0 aliphatic carbocycles. The fourth-order valence-corrected chi connectivity index (χ4v) is 0.679. The van der Waals surface area contributed by atoms with Gasteiger partial charge in [0.2, 0.25) is 0 Å². The summed E-state index contributed by atoms with van der Waals surface area (Å²) in [6.07, 6.45) is 1.38. The van der Waals surface area contributed by atoms with Gasteiger partial charge in [0, 0.05) is 5.56 Å². The zero-order valence-electron chi connectivity index (χ0n) is 5.88. The van der Waals surface area contributed by atoms with Gasteiger partial charge in [-0.3, -0.25) is 0 Å². The first-order valence-electron chi connectivity index (χ1n) is 2.87. The molecule has 0 unspecified atom stereocenters. The van der Waals surface area contributed by atoms with Gasteiger partial charge in [-0.15, -0.1) is 0 Å². The molecule has 54 valence electrons. The van der Waals surface area contributed by atoms with Gasteiger partial charge in [-0.05, 0) is 6.92 Å². The quantitative estimate of drug-likeness (QED) is 0.583. The molecule has 0 aliphatic heterocycles. The Balaban J connectivity index is 3.22. The number of hydrogen-bond donors (Lipinski definition) is 0. The topological polar surface area (TPSA) is 39.4 Å². The average Bonchev–Trinajstić information content (AvgIpc) is 1.94. The van der Waals surface area contributed by atoms with Crippen LogP contribution in [-0.2, 0) is 0 Å². The summed E-state index contributed by atoms with van der Waals surface area (Å²) in [4.78, 5) is 10.6. The van der Waals surface area contributed by atoms with Gasteiger partial charge in [0.25, 0.3) is 0 Å². The van der Waals surface area contributed by atoms with E-state index < -0.39 is 0 Å². The normalized spacial score (nSPS) is 9.40. The molecule has 0 saturated carbocycles. The van der Waals surface area contributed by atoms with Crippen LogP contribution in [0.5, 0.6) is 5.75 Å². The predicted molar refractivity (Wildman–Crippen MR) is 36.3 cm³/mol. The standard InChI is InChI=1S/C7H8O3/c1-5-4-10-7(8)3-6(5)9-2/h3-4H,1-2H3. The summed E-state index contributed by atoms with van der Waals surface area (Å²) < 4.78 is 9.43. The average molecular weight is 140 g/mol. The molecule has 0 radical (unpaired) electrons. The Morgan fingerprint density at radius 1 is 1.60 bits per heavy atom. The lowest BCUT2D eigenvalue weighted by atomic mass is 10.3. The van der Waals surface area contributed by atoms with Crippen molar-refractivity contribution in [3.05, 3.63) is 28.3 Å². The van der Waals surface area contributed by atoms with Crippen LogP contribution in [-0.4, -0.2) is 7.11 Å². The Labute approximate surface area is 58.2 Å². The minimum atomic E-state index is -0.387. The molecule has 0 atom stereocenters. The molecule has 0 aromatic carbocycles. The molecule has 0 fully saturated rings. The third-order valence-electron chi connectivity index (χ3n) is 1.21. The molecule has 0 bridgehead atoms. The second-order valence-corrected chi connectivity index (χ2v) is 1.95. The van der Waals surface area contributed by atoms with Gasteiger partial charge in [0.1, 0.15) is 12.0 Å². The van der Waals surface area contributed by atoms with E-state index in [0.29, 0.717) is 5.75 Å². The maximum atomic E-state index is 10.6. The van der Waals surface area contributed by atoms with E-state index in [1.807, 2.05) is 6.92 Å². The van der Waals surface area contributed by atoms with Crippen LogP contribution >= 0.6 is 0 Å². The zero-order chi connectivity index (χ0) is 7.56. The third kappa shape index (κ3) is 1.18. The largest absolute Gasteiger partial charge is 0.496 e. The Kier molecular flexibility index (Phi) is 1.76. The highest BCUT2D eigenvalue weighted by atomic mass is 16.5. The van der Waals surface area contributed by atoms with E-state index in [1.54, 1.807) is 0 Å². The van der Waals surface area contributed by atoms with Crippen molar-refractivity contribution in [2.24, 2.45) is 0 Å². The zero-order valence-corrected chi connectivity index (χ0v) is 5.88. The van der Waals surface area contributed by atoms with E-state index in [4.69, 9.17) is 4.74 Å². The molecule has 0 saturated heterocycles. The Morgan fingerprint density at radius 2 is 2.30 bits per heavy atom. The smallest absolute Gasteiger partial charge is 0.339 e. The Bertz CT molecular complexity index is 274. The number of aryl methyl sites for hydroxylation is 1. The summed E-state index contributed by atoms with van der Waals surface area (Å²) in [6.45, 7) is 1.81. The summed E-state index contributed by atoms with van der Waals surface area (Å²) >= 11 is 0. The van der Waals surface area contributed by atoms with Crippen LogP contribution in [0.1, 0.15) is 5.56 Å². The summed E-state index contributed by atoms with van der Waals surface area (Å²) in [5.41, 5.74) is 0.435. The molecule has 0 aliphatic rings. The molecule has 1 rings (SSSR count). The molecule has 0 N–H and O–H groups in total. The molecule has 1 aromatic heterocycles. The predicted octanol–water partition coefficient (Wildman–Crippen LogP) is 0.957. The highest BCUT2D eigenvalue weighted by Crippen LogP contribution is 2.11. The lowest BCUT2D eigenvalue weighted by molar-refractivity contribution is 0.397. The number of ether oxygens (including phenoxy) is 1. The van der Waals surface area contributed by atoms with E-state index >= 15 is 0 Å². The van der Waals surface area contributed by atoms with Crippen LogP contribution in [0.2, 0.25) is 0 Å². The van der Waals surface area contributed by atoms with E-state index in [-0.39, 0.29) is 5.63 Å². The first kappa shape index (κ1) is 6.86. The van der Waals surface area contributed by atoms with Gasteiger partial charge in [-0.2, -0.15) is 0 Å². The Hall–Kier alpha value is -1.25. The second kappa shape index (κ2) is 2.56. The maximum absolute atomic E-state index is 10.6. The van der Waals surface area contributed by atoms with E-state index in [0.717, 1.165) is 5.56 Å². The highest BCUT2D eigenvalue weighted by molar-refractivity contribution is 5.26. The number of methoxy groups -OCH3 is 1. The first-order chi connectivity index (χ1) is 4.74. The van der Waals surface area contributed by atoms with Crippen LogP contribution in [0.25, 0.3) is 0 Å². The van der Waals surface area contributed by atoms with Crippen LogP contribution in [0.3, 0.4) is 0 Å². The van der Waals surface area contributed by atoms with E-state index in [1.165, 1.54) is 19.4 Å². The molecule has 1 aromatic rings. The summed E-state index contributed by atoms with van der Waals surface area (Å²) in [7, 11) is 1.52. The van der Waals surface area contributed by atoms with Crippen molar-refractivity contribution < 1.29 is 9.15 Å². The lowest BCUT2D eigenvalue weighted by Gasteiger charge is -1.99. The van der Waals surface area contributed by atoms with Gasteiger partial charge in [-0.1, -0.05) is 0 Å². The molecule has 0 spiro atoms. The molecule has 3 heteroatoms. The van der Waals surface area contributed by atoms with Crippen molar-refractivity contribution in [1.82, 2.24) is 0 Å². The van der Waals surface area contributed by atoms with Crippen LogP contribution < -0.4 is 10.4 Å². The molecule has 0 amide bonds. The van der Waals surface area contributed by atoms with Crippen molar-refractivity contribution in [2.45, 2.75) is 6.92 Å². The van der Waals surface area contributed by atoms with Gasteiger partial charge < -0.3 is 9.15 Å². The molecular weight excluding hydrogens is 132 g/mol. The van der Waals surface area contributed by atoms with Crippen molar-refractivity contribution in [3.63, 3.8) is 0 Å². The molecule has 1 heterocycles. The van der Waals surface area contributed by atoms with E-state index in [2.05, 4.69) is 4.42 Å². The van der Waals surface area contributed by atoms with Crippen molar-refractivity contribution >= 4 is 0 Å². The highest BCUT2D eigenvalue weighted by Gasteiger charge is 1.97. The van der Waals surface area contributed by atoms with Crippen molar-refractivity contribution in [1.29, 1.82) is 0 Å². The monoisotopic (exact) mass is 140 g/mol. The van der Waals surface area contributed by atoms with Gasteiger partial charge in [-0.25, -0.2) is 4.79 Å². The minimum absolute atomic E-state index is 0.387.